The molecule has 0 saturated carbocycles. The summed E-state index contributed by atoms with van der Waals surface area (Å²) in [6.07, 6.45) is -2.22. The van der Waals surface area contributed by atoms with Crippen LogP contribution >= 0.6 is 0 Å². The van der Waals surface area contributed by atoms with Gasteiger partial charge in [0, 0.05) is 31.0 Å². The predicted molar refractivity (Wildman–Crippen MR) is 116 cm³/mol. The second-order valence-electron chi connectivity index (χ2n) is 7.23. The van der Waals surface area contributed by atoms with Crippen molar-refractivity contribution in [2.45, 2.75) is 21.2 Å². The van der Waals surface area contributed by atoms with Crippen LogP contribution in [0, 0.1) is 0 Å². The van der Waals surface area contributed by atoms with E-state index in [4.69, 9.17) is 20.8 Å². The van der Waals surface area contributed by atoms with E-state index in [9.17, 15) is 30.0 Å². The number of hydrogen-bond acceptors (Lipinski definition) is 11. The van der Waals surface area contributed by atoms with E-state index in [-0.39, 0.29) is 24.5 Å². The van der Waals surface area contributed by atoms with Crippen molar-refractivity contribution in [3.63, 3.8) is 0 Å². The number of aromatic nitrogens is 5. The molecule has 194 valence electrons. The number of nitrogen functional groups attached to an aromatic ring is 1. The highest BCUT2D eigenvalue weighted by atomic mass is 32.2. The van der Waals surface area contributed by atoms with Crippen molar-refractivity contribution in [3.8, 4) is 22.5 Å². The van der Waals surface area contributed by atoms with Crippen LogP contribution in [0.25, 0.3) is 22.5 Å². The lowest BCUT2D eigenvalue weighted by molar-refractivity contribution is -0.192. The molecule has 1 fully saturated rings. The Morgan fingerprint density at radius 2 is 1.78 bits per heavy atom. The van der Waals surface area contributed by atoms with Gasteiger partial charge in [-0.15, -0.1) is 10.2 Å². The molecule has 0 spiro atoms. The van der Waals surface area contributed by atoms with Crippen LogP contribution in [0.2, 0.25) is 0 Å². The van der Waals surface area contributed by atoms with Crippen LogP contribution in [0.3, 0.4) is 0 Å². The molecule has 1 aromatic carbocycles. The number of pyridine rings is 1. The number of primary sulfonamides is 1. The first-order valence-electron chi connectivity index (χ1n) is 9.53. The number of nitrogens with zero attached hydrogens (tertiary/aromatic N) is 4. The zero-order chi connectivity index (χ0) is 26.9. The maximum Gasteiger partial charge on any atom is 0.490 e. The molecule has 0 bridgehead atoms. The van der Waals surface area contributed by atoms with E-state index in [1.54, 1.807) is 6.07 Å². The summed E-state index contributed by atoms with van der Waals surface area (Å²) in [5, 5.41) is 28.1. The third-order valence-corrected chi connectivity index (χ3v) is 8.06. The SMILES string of the molecule is Nc1cncc(-c2ccc(S(=O)(=O)C3CNC3)c(S(N)(=O)=O)c2-c2nn[nH]n2)c1.O=C(O)C(F)(F)F. The molecule has 0 atom stereocenters. The zero-order valence-electron chi connectivity index (χ0n) is 17.8. The molecule has 3 heterocycles. The number of hydrogen-bond donors (Lipinski definition) is 5. The highest BCUT2D eigenvalue weighted by Crippen LogP contribution is 2.40. The molecule has 1 saturated heterocycles. The molecule has 4 rings (SSSR count). The molecule has 3 aromatic rings. The maximum atomic E-state index is 13.0. The third-order valence-electron chi connectivity index (χ3n) is 4.78. The van der Waals surface area contributed by atoms with Gasteiger partial charge in [-0.1, -0.05) is 6.07 Å². The van der Waals surface area contributed by atoms with Crippen LogP contribution in [-0.4, -0.2) is 78.0 Å². The Hall–Kier alpha value is -3.68. The first-order valence-corrected chi connectivity index (χ1v) is 12.6. The molecule has 19 heteroatoms. The molecule has 0 radical (unpaired) electrons. The van der Waals surface area contributed by atoms with Gasteiger partial charge in [0.25, 0.3) is 0 Å². The molecule has 36 heavy (non-hydrogen) atoms. The second-order valence-corrected chi connectivity index (χ2v) is 10.9. The number of sulfone groups is 1. The summed E-state index contributed by atoms with van der Waals surface area (Å²) in [6, 6.07) is 4.23. The van der Waals surface area contributed by atoms with Crippen molar-refractivity contribution in [2.24, 2.45) is 5.14 Å². The van der Waals surface area contributed by atoms with Crippen LogP contribution in [0.1, 0.15) is 0 Å². The highest BCUT2D eigenvalue weighted by Gasteiger charge is 2.39. The number of carboxylic acids is 1. The molecular formula is C17H17F3N8O6S2. The monoisotopic (exact) mass is 550 g/mol. The highest BCUT2D eigenvalue weighted by molar-refractivity contribution is 7.94. The number of H-pyrrole nitrogens is 1. The number of aliphatic carboxylic acids is 1. The minimum Gasteiger partial charge on any atom is -0.475 e. The molecule has 2 aromatic heterocycles. The average Bonchev–Trinajstić information content (AvgIpc) is 3.24. The maximum absolute atomic E-state index is 13.0. The summed E-state index contributed by atoms with van der Waals surface area (Å²) in [7, 11) is -8.49. The molecule has 1 aliphatic heterocycles. The second kappa shape index (κ2) is 9.76. The first-order chi connectivity index (χ1) is 16.6. The number of rotatable bonds is 5. The van der Waals surface area contributed by atoms with Gasteiger partial charge in [-0.05, 0) is 22.9 Å². The number of carbonyl (C=O) groups is 1. The molecule has 14 nitrogen and oxygen atoms in total. The molecule has 0 unspecified atom stereocenters. The standard InChI is InChI=1S/C15H16N8O4S2.C2HF3O2/c16-9-3-8(4-18-5-9)11-1-2-12(28(24,25)10-6-19-7-10)14(29(17,26)27)13(11)15-20-22-23-21-15;3-2(4,5)1(6)7/h1-5,10,19H,6-7,16H2,(H2,17,26,27)(H,20,21,22,23);(H,6,7). The summed E-state index contributed by atoms with van der Waals surface area (Å²) >= 11 is 0. The van der Waals surface area contributed by atoms with Crippen molar-refractivity contribution in [2.75, 3.05) is 18.8 Å². The minimum absolute atomic E-state index is 0.0954. The zero-order valence-corrected chi connectivity index (χ0v) is 19.4. The predicted octanol–water partition coefficient (Wildman–Crippen LogP) is -0.463. The summed E-state index contributed by atoms with van der Waals surface area (Å²) in [6.45, 7) is 0.426. The fraction of sp³-hybridized carbons (Fsp3) is 0.235. The number of alkyl halides is 3. The van der Waals surface area contributed by atoms with Crippen LogP contribution in [0.5, 0.6) is 0 Å². The van der Waals surface area contributed by atoms with E-state index < -0.39 is 47.0 Å². The van der Waals surface area contributed by atoms with Gasteiger partial charge in [0.05, 0.1) is 21.4 Å². The summed E-state index contributed by atoms with van der Waals surface area (Å²) in [5.74, 6) is -2.89. The van der Waals surface area contributed by atoms with E-state index in [1.807, 2.05) is 0 Å². The quantitative estimate of drug-likeness (QED) is 0.271. The Kier molecular flexibility index (Phi) is 7.30. The van der Waals surface area contributed by atoms with Gasteiger partial charge >= 0.3 is 12.1 Å². The molecule has 0 aliphatic carbocycles. The molecule has 7 N–H and O–H groups in total. The number of benzene rings is 1. The Labute approximate surface area is 200 Å². The van der Waals surface area contributed by atoms with Gasteiger partial charge in [-0.3, -0.25) is 4.98 Å². The van der Waals surface area contributed by atoms with Crippen molar-refractivity contribution < 1.29 is 39.9 Å². The number of nitrogens with two attached hydrogens (primary N) is 2. The Morgan fingerprint density at radius 3 is 2.22 bits per heavy atom. The van der Waals surface area contributed by atoms with Crippen molar-refractivity contribution in [3.05, 3.63) is 30.6 Å². The number of nitrogens with one attached hydrogen (secondary N) is 2. The topological polar surface area (TPSA) is 237 Å². The number of aromatic amines is 1. The molecule has 0 amide bonds. The van der Waals surface area contributed by atoms with E-state index in [0.717, 1.165) is 0 Å². The minimum atomic E-state index is -5.08. The van der Waals surface area contributed by atoms with Gasteiger partial charge in [-0.25, -0.2) is 26.8 Å². The van der Waals surface area contributed by atoms with Gasteiger partial charge in [0.1, 0.15) is 4.90 Å². The molecular weight excluding hydrogens is 533 g/mol. The lowest BCUT2D eigenvalue weighted by Crippen LogP contribution is -2.51. The number of carboxylic acid groups (broad SMARTS) is 1. The van der Waals surface area contributed by atoms with Gasteiger partial charge in [0.2, 0.25) is 15.8 Å². The van der Waals surface area contributed by atoms with Crippen LogP contribution < -0.4 is 16.2 Å². The van der Waals surface area contributed by atoms with E-state index in [0.29, 0.717) is 16.8 Å². The number of halogens is 3. The number of sulfonamides is 1. The van der Waals surface area contributed by atoms with Gasteiger partial charge in [0.15, 0.2) is 9.84 Å². The van der Waals surface area contributed by atoms with Crippen molar-refractivity contribution in [1.29, 1.82) is 0 Å². The summed E-state index contributed by atoms with van der Waals surface area (Å²) < 4.78 is 83.0. The lowest BCUT2D eigenvalue weighted by Gasteiger charge is -2.28. The fourth-order valence-electron chi connectivity index (χ4n) is 3.07. The first kappa shape index (κ1) is 26.9. The lowest BCUT2D eigenvalue weighted by atomic mass is 10.0. The normalized spacial score (nSPS) is 14.4. The third kappa shape index (κ3) is 5.58. The summed E-state index contributed by atoms with van der Waals surface area (Å²) in [4.78, 5) is 11.9. The summed E-state index contributed by atoms with van der Waals surface area (Å²) in [5.41, 5.74) is 6.76. The number of tetrazole rings is 1. The molecule has 1 aliphatic rings. The van der Waals surface area contributed by atoms with E-state index in [1.165, 1.54) is 24.5 Å². The Morgan fingerprint density at radius 1 is 1.14 bits per heavy atom. The van der Waals surface area contributed by atoms with Crippen LogP contribution in [0.15, 0.2) is 40.4 Å². The Balaban J connectivity index is 0.000000454. The van der Waals surface area contributed by atoms with Crippen LogP contribution in [-0.2, 0) is 24.7 Å². The fourth-order valence-corrected chi connectivity index (χ4v) is 6.25. The average molecular weight is 551 g/mol. The number of anilines is 1. The van der Waals surface area contributed by atoms with Crippen molar-refractivity contribution in [1.82, 2.24) is 30.9 Å². The Bertz CT molecular complexity index is 1490. The van der Waals surface area contributed by atoms with E-state index in [2.05, 4.69) is 30.9 Å². The largest absolute Gasteiger partial charge is 0.490 e. The van der Waals surface area contributed by atoms with Crippen molar-refractivity contribution >= 4 is 31.5 Å². The van der Waals surface area contributed by atoms with Gasteiger partial charge < -0.3 is 16.2 Å². The van der Waals surface area contributed by atoms with Gasteiger partial charge in [-0.2, -0.15) is 18.4 Å². The van der Waals surface area contributed by atoms with Crippen LogP contribution in [0.4, 0.5) is 18.9 Å². The smallest absolute Gasteiger partial charge is 0.475 e. The van der Waals surface area contributed by atoms with E-state index >= 15 is 0 Å².